The average molecular weight is 242 g/mol. The third-order valence-electron chi connectivity index (χ3n) is 3.87. The molecular weight excluding hydrogens is 220 g/mol. The lowest BCUT2D eigenvalue weighted by Crippen LogP contribution is -2.33. The summed E-state index contributed by atoms with van der Waals surface area (Å²) in [6.45, 7) is 5.69. The summed E-state index contributed by atoms with van der Waals surface area (Å²) in [5, 5.41) is 8.90. The van der Waals surface area contributed by atoms with Crippen LogP contribution in [0.5, 0.6) is 0 Å². The molecule has 0 aromatic heterocycles. The summed E-state index contributed by atoms with van der Waals surface area (Å²) in [6, 6.07) is 10.2. The molecule has 0 N–H and O–H groups in total. The monoisotopic (exact) mass is 242 g/mol. The van der Waals surface area contributed by atoms with E-state index in [9.17, 15) is 0 Å². The van der Waals surface area contributed by atoms with E-state index in [4.69, 9.17) is 5.26 Å². The van der Waals surface area contributed by atoms with E-state index in [1.54, 1.807) is 0 Å². The predicted octanol–water partition coefficient (Wildman–Crippen LogP) is 3.57. The molecule has 2 heteroatoms. The van der Waals surface area contributed by atoms with E-state index in [2.05, 4.69) is 24.0 Å². The van der Waals surface area contributed by atoms with E-state index in [-0.39, 0.29) is 0 Å². The van der Waals surface area contributed by atoms with E-state index in [0.29, 0.717) is 0 Å². The van der Waals surface area contributed by atoms with Gasteiger partial charge >= 0.3 is 0 Å². The third-order valence-corrected chi connectivity index (χ3v) is 3.87. The fourth-order valence-corrected chi connectivity index (χ4v) is 2.84. The normalized spacial score (nSPS) is 17.6. The quantitative estimate of drug-likeness (QED) is 0.807. The van der Waals surface area contributed by atoms with Gasteiger partial charge < -0.3 is 0 Å². The first-order valence-corrected chi connectivity index (χ1v) is 7.03. The maximum Gasteiger partial charge on any atom is 0.0991 e. The van der Waals surface area contributed by atoms with E-state index >= 15 is 0 Å². The summed E-state index contributed by atoms with van der Waals surface area (Å²) in [5.41, 5.74) is 2.04. The van der Waals surface area contributed by atoms with Crippen LogP contribution in [-0.4, -0.2) is 18.0 Å². The molecule has 0 saturated carbocycles. The molecule has 1 aromatic carbocycles. The predicted molar refractivity (Wildman–Crippen MR) is 74.1 cm³/mol. The molecule has 96 valence electrons. The van der Waals surface area contributed by atoms with E-state index in [1.807, 2.05) is 18.2 Å². The minimum absolute atomic E-state index is 0.772. The fraction of sp³-hybridized carbons (Fsp3) is 0.562. The smallest absolute Gasteiger partial charge is 0.0991 e. The summed E-state index contributed by atoms with van der Waals surface area (Å²) in [7, 11) is 0. The first kappa shape index (κ1) is 13.1. The zero-order chi connectivity index (χ0) is 12.8. The zero-order valence-electron chi connectivity index (χ0n) is 11.2. The number of rotatable bonds is 4. The SMILES string of the molecule is CCCC1CCN(Cc2cccc(C#N)c2)CC1. The van der Waals surface area contributed by atoms with Crippen LogP contribution in [-0.2, 0) is 6.54 Å². The highest BCUT2D eigenvalue weighted by molar-refractivity contribution is 5.32. The van der Waals surface area contributed by atoms with Crippen molar-refractivity contribution in [1.29, 1.82) is 5.26 Å². The number of benzene rings is 1. The van der Waals surface area contributed by atoms with Crippen LogP contribution in [0.15, 0.2) is 24.3 Å². The van der Waals surface area contributed by atoms with Crippen LogP contribution in [0.2, 0.25) is 0 Å². The molecule has 0 spiro atoms. The van der Waals surface area contributed by atoms with Gasteiger partial charge in [-0.2, -0.15) is 5.26 Å². The van der Waals surface area contributed by atoms with Gasteiger partial charge in [-0.1, -0.05) is 31.9 Å². The molecule has 2 rings (SSSR count). The maximum atomic E-state index is 8.90. The van der Waals surface area contributed by atoms with Crippen molar-refractivity contribution in [2.24, 2.45) is 5.92 Å². The lowest BCUT2D eigenvalue weighted by atomic mass is 9.92. The molecule has 1 saturated heterocycles. The minimum atomic E-state index is 0.772. The Kier molecular flexibility index (Phi) is 4.78. The Labute approximate surface area is 110 Å². The fourth-order valence-electron chi connectivity index (χ4n) is 2.84. The number of hydrogen-bond donors (Lipinski definition) is 0. The van der Waals surface area contributed by atoms with Crippen molar-refractivity contribution in [3.8, 4) is 6.07 Å². The van der Waals surface area contributed by atoms with E-state index < -0.39 is 0 Å². The van der Waals surface area contributed by atoms with Gasteiger partial charge in [0.2, 0.25) is 0 Å². The second kappa shape index (κ2) is 6.56. The van der Waals surface area contributed by atoms with Crippen LogP contribution in [0.4, 0.5) is 0 Å². The Morgan fingerprint density at radius 1 is 1.33 bits per heavy atom. The molecule has 1 aromatic rings. The number of nitrogens with zero attached hydrogens (tertiary/aromatic N) is 2. The van der Waals surface area contributed by atoms with Gasteiger partial charge in [-0.05, 0) is 49.5 Å². The van der Waals surface area contributed by atoms with Gasteiger partial charge in [-0.15, -0.1) is 0 Å². The Morgan fingerprint density at radius 3 is 2.78 bits per heavy atom. The Morgan fingerprint density at radius 2 is 2.11 bits per heavy atom. The molecule has 18 heavy (non-hydrogen) atoms. The highest BCUT2D eigenvalue weighted by Gasteiger charge is 2.18. The van der Waals surface area contributed by atoms with Crippen LogP contribution in [0.25, 0.3) is 0 Å². The molecule has 0 atom stereocenters. The molecule has 0 bridgehead atoms. The van der Waals surface area contributed by atoms with Gasteiger partial charge in [0, 0.05) is 6.54 Å². The van der Waals surface area contributed by atoms with Gasteiger partial charge in [0.15, 0.2) is 0 Å². The summed E-state index contributed by atoms with van der Waals surface area (Å²) >= 11 is 0. The Balaban J connectivity index is 1.86. The maximum absolute atomic E-state index is 8.90. The summed E-state index contributed by atoms with van der Waals surface area (Å²) < 4.78 is 0. The minimum Gasteiger partial charge on any atom is -0.299 e. The summed E-state index contributed by atoms with van der Waals surface area (Å²) in [6.07, 6.45) is 5.38. The molecular formula is C16H22N2. The van der Waals surface area contributed by atoms with Gasteiger partial charge in [0.25, 0.3) is 0 Å². The van der Waals surface area contributed by atoms with Gasteiger partial charge in [-0.25, -0.2) is 0 Å². The summed E-state index contributed by atoms with van der Waals surface area (Å²) in [5.74, 6) is 0.941. The number of nitriles is 1. The molecule has 1 aliphatic rings. The van der Waals surface area contributed by atoms with Crippen molar-refractivity contribution in [3.63, 3.8) is 0 Å². The molecule has 0 radical (unpaired) electrons. The van der Waals surface area contributed by atoms with Crippen molar-refractivity contribution in [3.05, 3.63) is 35.4 Å². The molecule has 1 aliphatic heterocycles. The van der Waals surface area contributed by atoms with Crippen LogP contribution in [0.3, 0.4) is 0 Å². The van der Waals surface area contributed by atoms with Gasteiger partial charge in [-0.3, -0.25) is 4.90 Å². The molecule has 2 nitrogen and oxygen atoms in total. The molecule has 1 heterocycles. The van der Waals surface area contributed by atoms with Crippen molar-refractivity contribution >= 4 is 0 Å². The van der Waals surface area contributed by atoms with Crippen LogP contribution in [0.1, 0.15) is 43.7 Å². The van der Waals surface area contributed by atoms with Crippen molar-refractivity contribution in [2.45, 2.75) is 39.2 Å². The van der Waals surface area contributed by atoms with Crippen LogP contribution in [0, 0.1) is 17.2 Å². The Hall–Kier alpha value is -1.33. The van der Waals surface area contributed by atoms with Gasteiger partial charge in [0.1, 0.15) is 0 Å². The highest BCUT2D eigenvalue weighted by atomic mass is 15.1. The number of hydrogen-bond acceptors (Lipinski definition) is 2. The zero-order valence-corrected chi connectivity index (χ0v) is 11.2. The lowest BCUT2D eigenvalue weighted by Gasteiger charge is -2.31. The van der Waals surface area contributed by atoms with E-state index in [0.717, 1.165) is 18.0 Å². The topological polar surface area (TPSA) is 27.0 Å². The largest absolute Gasteiger partial charge is 0.299 e. The standard InChI is InChI=1S/C16H22N2/c1-2-4-14-7-9-18(10-8-14)13-16-6-3-5-15(11-16)12-17/h3,5-6,11,14H,2,4,7-10,13H2,1H3. The number of piperidine rings is 1. The third kappa shape index (κ3) is 3.58. The van der Waals surface area contributed by atoms with Crippen molar-refractivity contribution in [1.82, 2.24) is 4.90 Å². The van der Waals surface area contributed by atoms with Crippen molar-refractivity contribution in [2.75, 3.05) is 13.1 Å². The second-order valence-electron chi connectivity index (χ2n) is 5.32. The first-order valence-electron chi connectivity index (χ1n) is 7.03. The second-order valence-corrected chi connectivity index (χ2v) is 5.32. The average Bonchev–Trinajstić information content (AvgIpc) is 2.42. The lowest BCUT2D eigenvalue weighted by molar-refractivity contribution is 0.172. The molecule has 0 amide bonds. The van der Waals surface area contributed by atoms with Gasteiger partial charge in [0.05, 0.1) is 11.6 Å². The van der Waals surface area contributed by atoms with Crippen LogP contribution < -0.4 is 0 Å². The van der Waals surface area contributed by atoms with E-state index in [1.165, 1.54) is 44.3 Å². The highest BCUT2D eigenvalue weighted by Crippen LogP contribution is 2.22. The summed E-state index contributed by atoms with van der Waals surface area (Å²) in [4.78, 5) is 2.52. The van der Waals surface area contributed by atoms with Crippen LogP contribution >= 0.6 is 0 Å². The first-order chi connectivity index (χ1) is 8.81. The van der Waals surface area contributed by atoms with Crippen molar-refractivity contribution < 1.29 is 0 Å². The molecule has 0 aliphatic carbocycles. The number of likely N-dealkylation sites (tertiary alicyclic amines) is 1. The Bertz CT molecular complexity index is 411. The molecule has 0 unspecified atom stereocenters. The molecule has 1 fully saturated rings.